The molecule has 7 heteroatoms. The molecule has 1 heterocycles. The van der Waals surface area contributed by atoms with Crippen LogP contribution in [-0.2, 0) is 11.2 Å². The lowest BCUT2D eigenvalue weighted by atomic mass is 10.4. The largest absolute Gasteiger partial charge is 0.471 e. The molecule has 0 saturated carbocycles. The van der Waals surface area contributed by atoms with Gasteiger partial charge in [-0.3, -0.25) is 4.79 Å². The zero-order valence-corrected chi connectivity index (χ0v) is 7.80. The van der Waals surface area contributed by atoms with Crippen LogP contribution in [0.15, 0.2) is 12.3 Å². The van der Waals surface area contributed by atoms with Gasteiger partial charge in [-0.15, -0.1) is 0 Å². The van der Waals surface area contributed by atoms with Crippen molar-refractivity contribution in [3.05, 3.63) is 18.1 Å². The zero-order chi connectivity index (χ0) is 11.5. The highest BCUT2D eigenvalue weighted by molar-refractivity contribution is 5.94. The number of alkyl halides is 3. The Morgan fingerprint density at radius 2 is 2.20 bits per heavy atom. The summed E-state index contributed by atoms with van der Waals surface area (Å²) in [5.74, 6) is -1.82. The summed E-state index contributed by atoms with van der Waals surface area (Å²) in [4.78, 5) is 18.0. The highest BCUT2D eigenvalue weighted by Gasteiger charge is 2.38. The first-order chi connectivity index (χ1) is 6.93. The van der Waals surface area contributed by atoms with Crippen molar-refractivity contribution in [1.82, 2.24) is 9.97 Å². The maximum absolute atomic E-state index is 11.9. The van der Waals surface area contributed by atoms with Gasteiger partial charge in [0.05, 0.1) is 0 Å². The van der Waals surface area contributed by atoms with Crippen molar-refractivity contribution in [3.8, 4) is 0 Å². The number of carbonyl (C=O) groups excluding carboxylic acids is 1. The van der Waals surface area contributed by atoms with Gasteiger partial charge < -0.3 is 5.32 Å². The summed E-state index contributed by atoms with van der Waals surface area (Å²) < 4.78 is 35.6. The molecular formula is C8H8F3N3O. The summed E-state index contributed by atoms with van der Waals surface area (Å²) in [6.45, 7) is 1.75. The second kappa shape index (κ2) is 4.24. The number of anilines is 1. The van der Waals surface area contributed by atoms with E-state index in [2.05, 4.69) is 9.97 Å². The Hall–Kier alpha value is -1.66. The lowest BCUT2D eigenvalue weighted by molar-refractivity contribution is -0.167. The van der Waals surface area contributed by atoms with Crippen molar-refractivity contribution >= 4 is 11.7 Å². The third-order valence-corrected chi connectivity index (χ3v) is 1.52. The fourth-order valence-electron chi connectivity index (χ4n) is 0.826. The van der Waals surface area contributed by atoms with Gasteiger partial charge in [0.25, 0.3) is 0 Å². The molecule has 1 aromatic rings. The number of nitrogens with zero attached hydrogens (tertiary/aromatic N) is 2. The van der Waals surface area contributed by atoms with Crippen LogP contribution < -0.4 is 5.32 Å². The number of nitrogens with one attached hydrogen (secondary N) is 1. The minimum atomic E-state index is -4.91. The lowest BCUT2D eigenvalue weighted by Gasteiger charge is -2.07. The minimum absolute atomic E-state index is 0.149. The van der Waals surface area contributed by atoms with Gasteiger partial charge >= 0.3 is 12.1 Å². The fourth-order valence-corrected chi connectivity index (χ4v) is 0.826. The van der Waals surface area contributed by atoms with Crippen LogP contribution in [0.1, 0.15) is 12.7 Å². The third-order valence-electron chi connectivity index (χ3n) is 1.52. The SMILES string of the molecule is CCc1nccc(NC(=O)C(F)(F)F)n1. The normalized spacial score (nSPS) is 11.2. The van der Waals surface area contributed by atoms with E-state index in [1.807, 2.05) is 0 Å². The van der Waals surface area contributed by atoms with E-state index in [1.165, 1.54) is 12.3 Å². The first-order valence-electron chi connectivity index (χ1n) is 4.13. The van der Waals surface area contributed by atoms with E-state index >= 15 is 0 Å². The van der Waals surface area contributed by atoms with Gasteiger partial charge in [0.1, 0.15) is 11.6 Å². The lowest BCUT2D eigenvalue weighted by Crippen LogP contribution is -2.30. The van der Waals surface area contributed by atoms with Gasteiger partial charge in [-0.2, -0.15) is 13.2 Å². The molecule has 0 bridgehead atoms. The number of hydrogen-bond donors (Lipinski definition) is 1. The molecule has 1 amide bonds. The Morgan fingerprint density at radius 3 is 2.73 bits per heavy atom. The van der Waals surface area contributed by atoms with Crippen LogP contribution in [-0.4, -0.2) is 22.1 Å². The molecule has 0 radical (unpaired) electrons. The number of aryl methyl sites for hydroxylation is 1. The van der Waals surface area contributed by atoms with Crippen molar-refractivity contribution < 1.29 is 18.0 Å². The average Bonchev–Trinajstić information content (AvgIpc) is 2.16. The summed E-state index contributed by atoms with van der Waals surface area (Å²) in [5.41, 5.74) is 0. The maximum Gasteiger partial charge on any atom is 0.471 e. The highest BCUT2D eigenvalue weighted by atomic mass is 19.4. The second-order valence-electron chi connectivity index (χ2n) is 2.66. The van der Waals surface area contributed by atoms with E-state index in [-0.39, 0.29) is 5.82 Å². The number of rotatable bonds is 2. The van der Waals surface area contributed by atoms with Gasteiger partial charge in [-0.05, 0) is 6.07 Å². The quantitative estimate of drug-likeness (QED) is 0.820. The predicted molar refractivity (Wildman–Crippen MR) is 46.1 cm³/mol. The molecule has 0 aromatic carbocycles. The van der Waals surface area contributed by atoms with Gasteiger partial charge in [0.2, 0.25) is 0 Å². The number of carbonyl (C=O) groups is 1. The highest BCUT2D eigenvalue weighted by Crippen LogP contribution is 2.16. The molecular weight excluding hydrogens is 211 g/mol. The van der Waals surface area contributed by atoms with Crippen molar-refractivity contribution in [3.63, 3.8) is 0 Å². The summed E-state index contributed by atoms with van der Waals surface area (Å²) in [7, 11) is 0. The summed E-state index contributed by atoms with van der Waals surface area (Å²) in [6.07, 6.45) is -3.13. The smallest absolute Gasteiger partial charge is 0.303 e. The van der Waals surface area contributed by atoms with E-state index in [0.717, 1.165) is 0 Å². The van der Waals surface area contributed by atoms with Crippen LogP contribution in [0.3, 0.4) is 0 Å². The molecule has 0 unspecified atom stereocenters. The zero-order valence-electron chi connectivity index (χ0n) is 7.80. The number of amides is 1. The standard InChI is InChI=1S/C8H8F3N3O/c1-2-5-12-4-3-6(13-5)14-7(15)8(9,10)11/h3-4H,2H2,1H3,(H,12,13,14,15). The summed E-state index contributed by atoms with van der Waals surface area (Å²) in [5, 5.41) is 1.64. The molecule has 0 aliphatic heterocycles. The van der Waals surface area contributed by atoms with Crippen molar-refractivity contribution in [2.45, 2.75) is 19.5 Å². The molecule has 4 nitrogen and oxygen atoms in total. The molecule has 1 aromatic heterocycles. The van der Waals surface area contributed by atoms with Crippen molar-refractivity contribution in [2.24, 2.45) is 0 Å². The van der Waals surface area contributed by atoms with Crippen molar-refractivity contribution in [2.75, 3.05) is 5.32 Å². The fraction of sp³-hybridized carbons (Fsp3) is 0.375. The molecule has 15 heavy (non-hydrogen) atoms. The molecule has 1 rings (SSSR count). The van der Waals surface area contributed by atoms with Crippen LogP contribution in [0, 0.1) is 0 Å². The predicted octanol–water partition coefficient (Wildman–Crippen LogP) is 1.54. The van der Waals surface area contributed by atoms with Crippen LogP contribution in [0.4, 0.5) is 19.0 Å². The van der Waals surface area contributed by atoms with Crippen LogP contribution >= 0.6 is 0 Å². The van der Waals surface area contributed by atoms with E-state index < -0.39 is 12.1 Å². The molecule has 1 N–H and O–H groups in total. The Morgan fingerprint density at radius 1 is 1.53 bits per heavy atom. The van der Waals surface area contributed by atoms with Gasteiger partial charge in [0, 0.05) is 12.6 Å². The molecule has 0 fully saturated rings. The molecule has 0 saturated heterocycles. The first kappa shape index (κ1) is 11.4. The molecule has 0 aliphatic carbocycles. The molecule has 82 valence electrons. The minimum Gasteiger partial charge on any atom is -0.303 e. The van der Waals surface area contributed by atoms with E-state index in [9.17, 15) is 18.0 Å². The molecule has 0 atom stereocenters. The van der Waals surface area contributed by atoms with Crippen molar-refractivity contribution in [1.29, 1.82) is 0 Å². The molecule has 0 aliphatic rings. The first-order valence-corrected chi connectivity index (χ1v) is 4.13. The van der Waals surface area contributed by atoms with E-state index in [4.69, 9.17) is 0 Å². The third kappa shape index (κ3) is 3.19. The Labute approximate surface area is 83.5 Å². The maximum atomic E-state index is 11.9. The summed E-state index contributed by atoms with van der Waals surface area (Å²) in [6, 6.07) is 1.20. The van der Waals surface area contributed by atoms with E-state index in [0.29, 0.717) is 12.2 Å². The van der Waals surface area contributed by atoms with Gasteiger partial charge in [-0.25, -0.2) is 9.97 Å². The number of halogens is 3. The Kier molecular flexibility index (Phi) is 3.23. The Bertz CT molecular complexity index is 364. The monoisotopic (exact) mass is 219 g/mol. The van der Waals surface area contributed by atoms with Gasteiger partial charge in [0.15, 0.2) is 0 Å². The van der Waals surface area contributed by atoms with Crippen LogP contribution in [0.5, 0.6) is 0 Å². The summed E-state index contributed by atoms with van der Waals surface area (Å²) >= 11 is 0. The van der Waals surface area contributed by atoms with Gasteiger partial charge in [-0.1, -0.05) is 6.92 Å². The number of hydrogen-bond acceptors (Lipinski definition) is 3. The number of aromatic nitrogens is 2. The second-order valence-corrected chi connectivity index (χ2v) is 2.66. The van der Waals surface area contributed by atoms with E-state index in [1.54, 1.807) is 12.2 Å². The Balaban J connectivity index is 2.77. The topological polar surface area (TPSA) is 54.9 Å². The molecule has 0 spiro atoms. The van der Waals surface area contributed by atoms with Crippen LogP contribution in [0.25, 0.3) is 0 Å². The van der Waals surface area contributed by atoms with Crippen LogP contribution in [0.2, 0.25) is 0 Å². The average molecular weight is 219 g/mol.